The van der Waals surface area contributed by atoms with Crippen LogP contribution in [0.3, 0.4) is 0 Å². The van der Waals surface area contributed by atoms with E-state index >= 15 is 0 Å². The molecule has 0 aliphatic carbocycles. The first-order chi connectivity index (χ1) is 8.70. The van der Waals surface area contributed by atoms with Gasteiger partial charge >= 0.3 is 0 Å². The minimum absolute atomic E-state index is 0.0297. The summed E-state index contributed by atoms with van der Waals surface area (Å²) in [5, 5.41) is 4.92. The fourth-order valence-electron chi connectivity index (χ4n) is 1.61. The predicted octanol–water partition coefficient (Wildman–Crippen LogP) is 4.00. The maximum Gasteiger partial charge on any atom is 0.251 e. The summed E-state index contributed by atoms with van der Waals surface area (Å²) in [6.07, 6.45) is 0.990. The highest BCUT2D eigenvalue weighted by Crippen LogP contribution is 2.22. The van der Waals surface area contributed by atoms with E-state index < -0.39 is 0 Å². The molecule has 0 saturated heterocycles. The molecule has 0 aliphatic rings. The summed E-state index contributed by atoms with van der Waals surface area (Å²) in [7, 11) is 0. The smallest absolute Gasteiger partial charge is 0.251 e. The van der Waals surface area contributed by atoms with Crippen molar-refractivity contribution < 1.29 is 4.79 Å². The first-order valence-corrected chi connectivity index (χ1v) is 7.47. The van der Waals surface area contributed by atoms with Gasteiger partial charge in [0.1, 0.15) is 0 Å². The van der Waals surface area contributed by atoms with Crippen LogP contribution in [0.2, 0.25) is 0 Å². The van der Waals surface area contributed by atoms with Crippen LogP contribution in [0.25, 0.3) is 0 Å². The van der Waals surface area contributed by atoms with E-state index in [0.29, 0.717) is 12.1 Å². The molecule has 0 spiro atoms. The van der Waals surface area contributed by atoms with E-state index in [2.05, 4.69) is 28.2 Å². The van der Waals surface area contributed by atoms with Gasteiger partial charge in [-0.2, -0.15) is 0 Å². The molecule has 0 aliphatic heterocycles. The molecular weight excluding hydrogens is 310 g/mol. The summed E-state index contributed by atoms with van der Waals surface area (Å²) in [5.74, 6) is -0.0297. The van der Waals surface area contributed by atoms with Crippen LogP contribution in [0.1, 0.15) is 27.7 Å². The third-order valence-corrected chi connectivity index (χ3v) is 4.65. The molecule has 2 nitrogen and oxygen atoms in total. The van der Waals surface area contributed by atoms with Gasteiger partial charge in [-0.15, -0.1) is 11.3 Å². The van der Waals surface area contributed by atoms with E-state index in [4.69, 9.17) is 0 Å². The number of carbonyl (C=O) groups excluding carboxylic acids is 1. The number of hydrogen-bond donors (Lipinski definition) is 1. The molecule has 1 aromatic carbocycles. The maximum absolute atomic E-state index is 11.9. The van der Waals surface area contributed by atoms with E-state index in [1.165, 1.54) is 5.56 Å². The third-order valence-electron chi connectivity index (χ3n) is 2.72. The number of benzene rings is 1. The van der Waals surface area contributed by atoms with Crippen molar-refractivity contribution in [1.82, 2.24) is 5.32 Å². The van der Waals surface area contributed by atoms with Crippen molar-refractivity contribution in [3.8, 4) is 0 Å². The Kier molecular flexibility index (Phi) is 4.55. The highest BCUT2D eigenvalue weighted by Gasteiger charge is 2.07. The van der Waals surface area contributed by atoms with Gasteiger partial charge in [0, 0.05) is 14.9 Å². The lowest BCUT2D eigenvalue weighted by molar-refractivity contribution is 0.0951. The van der Waals surface area contributed by atoms with Crippen LogP contribution in [0.15, 0.2) is 40.2 Å². The maximum atomic E-state index is 11.9. The molecule has 0 radical (unpaired) electrons. The van der Waals surface area contributed by atoms with E-state index in [9.17, 15) is 4.79 Å². The molecule has 1 amide bonds. The van der Waals surface area contributed by atoms with Gasteiger partial charge in [0.15, 0.2) is 0 Å². The Morgan fingerprint density at radius 3 is 2.56 bits per heavy atom. The number of amides is 1. The van der Waals surface area contributed by atoms with Crippen molar-refractivity contribution in [2.24, 2.45) is 0 Å². The van der Waals surface area contributed by atoms with Gasteiger partial charge in [0.05, 0.1) is 6.54 Å². The van der Waals surface area contributed by atoms with Gasteiger partial charge in [-0.1, -0.05) is 19.1 Å². The molecule has 4 heteroatoms. The average molecular weight is 324 g/mol. The van der Waals surface area contributed by atoms with Crippen molar-refractivity contribution in [2.45, 2.75) is 19.9 Å². The number of nitrogens with one attached hydrogen (secondary N) is 1. The predicted molar refractivity (Wildman–Crippen MR) is 79.0 cm³/mol. The molecule has 0 bridgehead atoms. The first kappa shape index (κ1) is 13.3. The molecule has 0 fully saturated rings. The molecule has 1 heterocycles. The molecule has 1 N–H and O–H groups in total. The zero-order valence-corrected chi connectivity index (χ0v) is 12.5. The van der Waals surface area contributed by atoms with E-state index in [1.807, 2.05) is 35.7 Å². The number of rotatable bonds is 4. The minimum atomic E-state index is -0.0297. The fourth-order valence-corrected chi connectivity index (χ4v) is 3.04. The van der Waals surface area contributed by atoms with Crippen LogP contribution in [0, 0.1) is 0 Å². The molecule has 0 unspecified atom stereocenters. The number of hydrogen-bond acceptors (Lipinski definition) is 2. The highest BCUT2D eigenvalue weighted by molar-refractivity contribution is 9.10. The van der Waals surface area contributed by atoms with Crippen molar-refractivity contribution in [2.75, 3.05) is 0 Å². The standard InChI is InChI=1S/C14H14BrNOS/c1-2-10-3-5-11(6-4-10)14(17)16-9-13-12(15)7-8-18-13/h3-8H,2,9H2,1H3,(H,16,17). The van der Waals surface area contributed by atoms with Crippen LogP contribution in [-0.2, 0) is 13.0 Å². The SMILES string of the molecule is CCc1ccc(C(=O)NCc2sccc2Br)cc1. The van der Waals surface area contributed by atoms with Gasteiger partial charge < -0.3 is 5.32 Å². The summed E-state index contributed by atoms with van der Waals surface area (Å²) in [6, 6.07) is 9.73. The molecule has 94 valence electrons. The first-order valence-electron chi connectivity index (χ1n) is 5.79. The van der Waals surface area contributed by atoms with Crippen molar-refractivity contribution >= 4 is 33.2 Å². The molecule has 1 aromatic heterocycles. The van der Waals surface area contributed by atoms with Gasteiger partial charge in [-0.25, -0.2) is 0 Å². The minimum Gasteiger partial charge on any atom is -0.347 e. The van der Waals surface area contributed by atoms with E-state index in [0.717, 1.165) is 15.8 Å². The molecular formula is C14H14BrNOS. The number of carbonyl (C=O) groups is 1. The molecule has 2 rings (SSSR count). The lowest BCUT2D eigenvalue weighted by Gasteiger charge is -2.05. The summed E-state index contributed by atoms with van der Waals surface area (Å²) < 4.78 is 1.05. The zero-order valence-electron chi connectivity index (χ0n) is 10.1. The van der Waals surface area contributed by atoms with Crippen molar-refractivity contribution in [1.29, 1.82) is 0 Å². The lowest BCUT2D eigenvalue weighted by atomic mass is 10.1. The molecule has 0 saturated carbocycles. The van der Waals surface area contributed by atoms with Gasteiger partial charge in [0.25, 0.3) is 5.91 Å². The Morgan fingerprint density at radius 2 is 2.00 bits per heavy atom. The summed E-state index contributed by atoms with van der Waals surface area (Å²) in [4.78, 5) is 13.1. The van der Waals surface area contributed by atoms with Crippen LogP contribution < -0.4 is 5.32 Å². The van der Waals surface area contributed by atoms with Crippen LogP contribution in [-0.4, -0.2) is 5.91 Å². The average Bonchev–Trinajstić information content (AvgIpc) is 2.81. The summed E-state index contributed by atoms with van der Waals surface area (Å²) in [5.41, 5.74) is 1.95. The van der Waals surface area contributed by atoms with Crippen LogP contribution >= 0.6 is 27.3 Å². The van der Waals surface area contributed by atoms with Crippen LogP contribution in [0.4, 0.5) is 0 Å². The third kappa shape index (κ3) is 3.21. The normalized spacial score (nSPS) is 10.3. The van der Waals surface area contributed by atoms with Gasteiger partial charge in [-0.3, -0.25) is 4.79 Å². The largest absolute Gasteiger partial charge is 0.347 e. The Balaban J connectivity index is 1.97. The second kappa shape index (κ2) is 6.16. The lowest BCUT2D eigenvalue weighted by Crippen LogP contribution is -2.22. The highest BCUT2D eigenvalue weighted by atomic mass is 79.9. The second-order valence-electron chi connectivity index (χ2n) is 3.92. The van der Waals surface area contributed by atoms with Crippen LogP contribution in [0.5, 0.6) is 0 Å². The second-order valence-corrected chi connectivity index (χ2v) is 5.78. The van der Waals surface area contributed by atoms with E-state index in [1.54, 1.807) is 11.3 Å². The number of halogens is 1. The topological polar surface area (TPSA) is 29.1 Å². The Labute approximate surface area is 119 Å². The molecule has 18 heavy (non-hydrogen) atoms. The Bertz CT molecular complexity index is 533. The van der Waals surface area contributed by atoms with Gasteiger partial charge in [0.2, 0.25) is 0 Å². The Morgan fingerprint density at radius 1 is 1.28 bits per heavy atom. The molecule has 0 atom stereocenters. The van der Waals surface area contributed by atoms with Crippen molar-refractivity contribution in [3.63, 3.8) is 0 Å². The summed E-state index contributed by atoms with van der Waals surface area (Å²) >= 11 is 5.08. The zero-order chi connectivity index (χ0) is 13.0. The monoisotopic (exact) mass is 323 g/mol. The summed E-state index contributed by atoms with van der Waals surface area (Å²) in [6.45, 7) is 2.66. The van der Waals surface area contributed by atoms with Crippen molar-refractivity contribution in [3.05, 3.63) is 56.2 Å². The quantitative estimate of drug-likeness (QED) is 0.905. The fraction of sp³-hybridized carbons (Fsp3) is 0.214. The number of aryl methyl sites for hydroxylation is 1. The number of thiophene rings is 1. The van der Waals surface area contributed by atoms with E-state index in [-0.39, 0.29) is 5.91 Å². The molecule has 2 aromatic rings. The van der Waals surface area contributed by atoms with Gasteiger partial charge in [-0.05, 0) is 51.5 Å². The Hall–Kier alpha value is -1.13.